The van der Waals surface area contributed by atoms with Gasteiger partial charge in [0, 0.05) is 0 Å². The molecule has 2 aromatic carbocycles. The molecule has 18 heavy (non-hydrogen) atoms. The lowest BCUT2D eigenvalue weighted by atomic mass is 10.0. The van der Waals surface area contributed by atoms with Gasteiger partial charge in [0.25, 0.3) is 0 Å². The number of aryl methyl sites for hydroxylation is 1. The van der Waals surface area contributed by atoms with Gasteiger partial charge in [-0.1, -0.05) is 35.9 Å². The van der Waals surface area contributed by atoms with Crippen LogP contribution in [0, 0.1) is 18.6 Å². The Morgan fingerprint density at radius 2 is 1.83 bits per heavy atom. The van der Waals surface area contributed by atoms with Gasteiger partial charge in [-0.2, -0.15) is 0 Å². The molecular formula is C15H13ClF2. The van der Waals surface area contributed by atoms with Crippen LogP contribution in [0.15, 0.2) is 42.5 Å². The quantitative estimate of drug-likeness (QED) is 0.701. The van der Waals surface area contributed by atoms with Gasteiger partial charge in [-0.25, -0.2) is 8.78 Å². The van der Waals surface area contributed by atoms with Crippen LogP contribution in [0.3, 0.4) is 0 Å². The van der Waals surface area contributed by atoms with Gasteiger partial charge in [-0.3, -0.25) is 0 Å². The predicted molar refractivity (Wildman–Crippen MR) is 69.8 cm³/mol. The van der Waals surface area contributed by atoms with Crippen LogP contribution in [-0.2, 0) is 6.42 Å². The number of alkyl halides is 1. The molecule has 0 amide bonds. The SMILES string of the molecule is Cc1cccc(C(Cl)Cc2ccc(F)c(F)c2)c1. The second-order valence-corrected chi connectivity index (χ2v) is 4.86. The first kappa shape index (κ1) is 13.0. The number of hydrogen-bond acceptors (Lipinski definition) is 0. The van der Waals surface area contributed by atoms with Crippen LogP contribution in [0.2, 0.25) is 0 Å². The summed E-state index contributed by atoms with van der Waals surface area (Å²) >= 11 is 6.29. The Hall–Kier alpha value is -1.41. The third-order valence-electron chi connectivity index (χ3n) is 2.80. The van der Waals surface area contributed by atoms with Crippen molar-refractivity contribution >= 4 is 11.6 Å². The molecule has 1 atom stereocenters. The summed E-state index contributed by atoms with van der Waals surface area (Å²) in [5, 5.41) is -0.241. The molecule has 3 heteroatoms. The summed E-state index contributed by atoms with van der Waals surface area (Å²) in [4.78, 5) is 0. The zero-order valence-corrected chi connectivity index (χ0v) is 10.7. The molecule has 94 valence electrons. The zero-order valence-electron chi connectivity index (χ0n) is 9.96. The number of rotatable bonds is 3. The first-order valence-electron chi connectivity index (χ1n) is 5.71. The Bertz CT molecular complexity index is 552. The van der Waals surface area contributed by atoms with E-state index in [1.54, 1.807) is 6.07 Å². The normalized spacial score (nSPS) is 12.4. The van der Waals surface area contributed by atoms with Gasteiger partial charge >= 0.3 is 0 Å². The summed E-state index contributed by atoms with van der Waals surface area (Å²) in [6.07, 6.45) is 0.474. The lowest BCUT2D eigenvalue weighted by molar-refractivity contribution is 0.507. The fourth-order valence-corrected chi connectivity index (χ4v) is 2.17. The van der Waals surface area contributed by atoms with Crippen LogP contribution < -0.4 is 0 Å². The van der Waals surface area contributed by atoms with Gasteiger partial charge in [0.05, 0.1) is 5.38 Å². The van der Waals surface area contributed by atoms with Crippen molar-refractivity contribution in [3.63, 3.8) is 0 Å². The van der Waals surface area contributed by atoms with Crippen LogP contribution in [0.25, 0.3) is 0 Å². The Labute approximate surface area is 110 Å². The summed E-state index contributed by atoms with van der Waals surface area (Å²) in [5.74, 6) is -1.67. The molecule has 0 aliphatic heterocycles. The maximum atomic E-state index is 13.1. The molecule has 0 saturated heterocycles. The van der Waals surface area contributed by atoms with Gasteiger partial charge in [0.2, 0.25) is 0 Å². The van der Waals surface area contributed by atoms with Gasteiger partial charge in [0.15, 0.2) is 11.6 Å². The van der Waals surface area contributed by atoms with E-state index in [1.807, 2.05) is 31.2 Å². The fourth-order valence-electron chi connectivity index (χ4n) is 1.86. The van der Waals surface area contributed by atoms with Crippen molar-refractivity contribution < 1.29 is 8.78 Å². The van der Waals surface area contributed by atoms with E-state index >= 15 is 0 Å². The highest BCUT2D eigenvalue weighted by molar-refractivity contribution is 6.20. The van der Waals surface area contributed by atoms with E-state index in [0.717, 1.165) is 17.2 Å². The molecule has 0 heterocycles. The molecule has 0 aromatic heterocycles. The Morgan fingerprint density at radius 3 is 2.50 bits per heavy atom. The molecule has 0 nitrogen and oxygen atoms in total. The van der Waals surface area contributed by atoms with Crippen LogP contribution in [0.5, 0.6) is 0 Å². The standard InChI is InChI=1S/C15H13ClF2/c1-10-3-2-4-12(7-10)13(16)8-11-5-6-14(17)15(18)9-11/h2-7,9,13H,8H2,1H3. The molecule has 2 rings (SSSR count). The van der Waals surface area contributed by atoms with Crippen LogP contribution in [0.4, 0.5) is 8.78 Å². The van der Waals surface area contributed by atoms with Crippen molar-refractivity contribution in [3.8, 4) is 0 Å². The van der Waals surface area contributed by atoms with Crippen molar-refractivity contribution in [2.24, 2.45) is 0 Å². The lowest BCUT2D eigenvalue weighted by Gasteiger charge is -2.11. The summed E-state index contributed by atoms with van der Waals surface area (Å²) < 4.78 is 25.9. The average Bonchev–Trinajstić information content (AvgIpc) is 2.34. The molecule has 0 N–H and O–H groups in total. The topological polar surface area (TPSA) is 0 Å². The van der Waals surface area contributed by atoms with Gasteiger partial charge < -0.3 is 0 Å². The number of hydrogen-bond donors (Lipinski definition) is 0. The van der Waals surface area contributed by atoms with Crippen LogP contribution >= 0.6 is 11.6 Å². The first-order chi connectivity index (χ1) is 8.56. The minimum Gasteiger partial charge on any atom is -0.204 e. The summed E-state index contributed by atoms with van der Waals surface area (Å²) in [6, 6.07) is 11.7. The maximum absolute atomic E-state index is 13.1. The first-order valence-corrected chi connectivity index (χ1v) is 6.14. The lowest BCUT2D eigenvalue weighted by Crippen LogP contribution is -1.97. The van der Waals surface area contributed by atoms with Crippen molar-refractivity contribution in [2.75, 3.05) is 0 Å². The predicted octanol–water partition coefficient (Wildman–Crippen LogP) is 4.80. The van der Waals surface area contributed by atoms with E-state index in [-0.39, 0.29) is 5.38 Å². The van der Waals surface area contributed by atoms with E-state index < -0.39 is 11.6 Å². The van der Waals surface area contributed by atoms with Crippen molar-refractivity contribution in [1.82, 2.24) is 0 Å². The number of halogens is 3. The summed E-state index contributed by atoms with van der Waals surface area (Å²) in [5.41, 5.74) is 2.81. The Balaban J connectivity index is 2.16. The van der Waals surface area contributed by atoms with Crippen molar-refractivity contribution in [1.29, 1.82) is 0 Å². The smallest absolute Gasteiger partial charge is 0.159 e. The molecular weight excluding hydrogens is 254 g/mol. The summed E-state index contributed by atoms with van der Waals surface area (Å²) in [6.45, 7) is 1.99. The van der Waals surface area contributed by atoms with Crippen LogP contribution in [0.1, 0.15) is 22.1 Å². The second kappa shape index (κ2) is 5.49. The zero-order chi connectivity index (χ0) is 13.1. The third kappa shape index (κ3) is 3.08. The molecule has 0 radical (unpaired) electrons. The van der Waals surface area contributed by atoms with E-state index in [4.69, 9.17) is 11.6 Å². The second-order valence-electron chi connectivity index (χ2n) is 4.33. The minimum absolute atomic E-state index is 0.241. The Morgan fingerprint density at radius 1 is 1.06 bits per heavy atom. The number of benzene rings is 2. The summed E-state index contributed by atoms with van der Waals surface area (Å²) in [7, 11) is 0. The highest BCUT2D eigenvalue weighted by Crippen LogP contribution is 2.26. The van der Waals surface area contributed by atoms with Gasteiger partial charge in [-0.15, -0.1) is 11.6 Å². The fraction of sp³-hybridized carbons (Fsp3) is 0.200. The van der Waals surface area contributed by atoms with Gasteiger partial charge in [-0.05, 0) is 36.6 Å². The molecule has 0 aliphatic carbocycles. The molecule has 0 bridgehead atoms. The van der Waals surface area contributed by atoms with Crippen LogP contribution in [-0.4, -0.2) is 0 Å². The van der Waals surface area contributed by atoms with E-state index in [0.29, 0.717) is 12.0 Å². The highest BCUT2D eigenvalue weighted by atomic mass is 35.5. The van der Waals surface area contributed by atoms with Crippen molar-refractivity contribution in [3.05, 3.63) is 70.8 Å². The highest BCUT2D eigenvalue weighted by Gasteiger charge is 2.11. The van der Waals surface area contributed by atoms with E-state index in [1.165, 1.54) is 6.07 Å². The Kier molecular flexibility index (Phi) is 3.97. The molecule has 0 aliphatic rings. The van der Waals surface area contributed by atoms with Gasteiger partial charge in [0.1, 0.15) is 0 Å². The van der Waals surface area contributed by atoms with E-state index in [9.17, 15) is 8.78 Å². The average molecular weight is 267 g/mol. The largest absolute Gasteiger partial charge is 0.204 e. The molecule has 1 unspecified atom stereocenters. The monoisotopic (exact) mass is 266 g/mol. The molecule has 0 fully saturated rings. The minimum atomic E-state index is -0.833. The molecule has 2 aromatic rings. The molecule has 0 saturated carbocycles. The third-order valence-corrected chi connectivity index (χ3v) is 3.21. The molecule has 0 spiro atoms. The van der Waals surface area contributed by atoms with Crippen molar-refractivity contribution in [2.45, 2.75) is 18.7 Å². The van der Waals surface area contributed by atoms with E-state index in [2.05, 4.69) is 0 Å². The maximum Gasteiger partial charge on any atom is 0.159 e.